The van der Waals surface area contributed by atoms with Crippen molar-refractivity contribution >= 4 is 29.2 Å². The maximum Gasteiger partial charge on any atom is 0.322 e. The van der Waals surface area contributed by atoms with Crippen LogP contribution in [0.4, 0.5) is 4.79 Å². The van der Waals surface area contributed by atoms with Crippen LogP contribution in [0.15, 0.2) is 11.4 Å². The Labute approximate surface area is 120 Å². The molecule has 2 N–H and O–H groups in total. The van der Waals surface area contributed by atoms with Crippen LogP contribution in [-0.2, 0) is 22.6 Å². The predicted molar refractivity (Wildman–Crippen MR) is 73.1 cm³/mol. The van der Waals surface area contributed by atoms with Crippen LogP contribution in [0.5, 0.6) is 0 Å². The van der Waals surface area contributed by atoms with Crippen LogP contribution in [0, 0.1) is 0 Å². The third kappa shape index (κ3) is 2.53. The number of fused-ring (bicyclic) bond motifs is 1. The van der Waals surface area contributed by atoms with E-state index in [4.69, 9.17) is 0 Å². The molecule has 1 aromatic rings. The number of nitrogens with zero attached hydrogens (tertiary/aromatic N) is 1. The number of nitrogens with one attached hydrogen (secondary N) is 2. The number of thiophene rings is 1. The van der Waals surface area contributed by atoms with Gasteiger partial charge in [0.05, 0.1) is 0 Å². The molecule has 20 heavy (non-hydrogen) atoms. The van der Waals surface area contributed by atoms with E-state index < -0.39 is 12.1 Å². The van der Waals surface area contributed by atoms with E-state index in [-0.39, 0.29) is 18.2 Å². The van der Waals surface area contributed by atoms with Crippen molar-refractivity contribution in [3.8, 4) is 0 Å². The summed E-state index contributed by atoms with van der Waals surface area (Å²) in [6.45, 7) is 1.26. The highest BCUT2D eigenvalue weighted by molar-refractivity contribution is 7.10. The summed E-state index contributed by atoms with van der Waals surface area (Å²) in [5.74, 6) is -0.441. The fraction of sp³-hybridized carbons (Fsp3) is 0.462. The Morgan fingerprint density at radius 1 is 1.35 bits per heavy atom. The van der Waals surface area contributed by atoms with E-state index in [0.717, 1.165) is 6.42 Å². The predicted octanol–water partition coefficient (Wildman–Crippen LogP) is 0.621. The highest BCUT2D eigenvalue weighted by Crippen LogP contribution is 2.24. The van der Waals surface area contributed by atoms with Crippen LogP contribution in [-0.4, -0.2) is 35.3 Å². The first-order valence-corrected chi connectivity index (χ1v) is 7.46. The molecule has 0 spiro atoms. The Morgan fingerprint density at radius 2 is 2.20 bits per heavy atom. The molecule has 1 saturated heterocycles. The molecular weight excluding hydrogens is 278 g/mol. The van der Waals surface area contributed by atoms with Crippen molar-refractivity contribution in [1.82, 2.24) is 15.5 Å². The fourth-order valence-electron chi connectivity index (χ4n) is 2.57. The van der Waals surface area contributed by atoms with Gasteiger partial charge in [-0.05, 0) is 29.9 Å². The van der Waals surface area contributed by atoms with E-state index in [0.29, 0.717) is 19.5 Å². The topological polar surface area (TPSA) is 78.5 Å². The Hall–Kier alpha value is -1.89. The number of amides is 4. The third-order valence-electron chi connectivity index (χ3n) is 3.64. The van der Waals surface area contributed by atoms with Crippen LogP contribution in [0.3, 0.4) is 0 Å². The molecule has 1 atom stereocenters. The summed E-state index contributed by atoms with van der Waals surface area (Å²) in [7, 11) is 0. The van der Waals surface area contributed by atoms with E-state index >= 15 is 0 Å². The van der Waals surface area contributed by atoms with Gasteiger partial charge in [0.25, 0.3) is 0 Å². The molecule has 0 unspecified atom stereocenters. The second kappa shape index (κ2) is 5.24. The number of carbonyl (C=O) groups is 3. The molecule has 3 rings (SSSR count). The van der Waals surface area contributed by atoms with Crippen molar-refractivity contribution in [2.75, 3.05) is 6.54 Å². The van der Waals surface area contributed by atoms with Crippen molar-refractivity contribution in [3.63, 3.8) is 0 Å². The zero-order chi connectivity index (χ0) is 14.1. The van der Waals surface area contributed by atoms with E-state index in [1.54, 1.807) is 16.2 Å². The summed E-state index contributed by atoms with van der Waals surface area (Å²) < 4.78 is 0. The van der Waals surface area contributed by atoms with Gasteiger partial charge in [-0.25, -0.2) is 4.79 Å². The average molecular weight is 293 g/mol. The molecule has 0 radical (unpaired) electrons. The number of imide groups is 1. The fourth-order valence-corrected chi connectivity index (χ4v) is 3.46. The second-order valence-corrected chi connectivity index (χ2v) is 5.99. The minimum atomic E-state index is -0.610. The summed E-state index contributed by atoms with van der Waals surface area (Å²) >= 11 is 1.72. The second-order valence-electron chi connectivity index (χ2n) is 4.99. The van der Waals surface area contributed by atoms with Gasteiger partial charge in [-0.1, -0.05) is 0 Å². The Bertz CT molecular complexity index is 569. The molecule has 1 aromatic heterocycles. The number of carbonyl (C=O) groups excluding carboxylic acids is 3. The average Bonchev–Trinajstić information content (AvgIpc) is 2.82. The van der Waals surface area contributed by atoms with Crippen LogP contribution in [0.1, 0.15) is 23.3 Å². The van der Waals surface area contributed by atoms with Crippen LogP contribution < -0.4 is 10.6 Å². The highest BCUT2D eigenvalue weighted by Gasteiger charge is 2.31. The largest absolute Gasteiger partial charge is 0.336 e. The highest BCUT2D eigenvalue weighted by atomic mass is 32.1. The van der Waals surface area contributed by atoms with Crippen molar-refractivity contribution in [1.29, 1.82) is 0 Å². The monoisotopic (exact) mass is 293 g/mol. The lowest BCUT2D eigenvalue weighted by molar-refractivity contribution is -0.134. The Morgan fingerprint density at radius 3 is 3.05 bits per heavy atom. The minimum absolute atomic E-state index is 0.105. The first-order valence-electron chi connectivity index (χ1n) is 6.58. The van der Waals surface area contributed by atoms with Crippen LogP contribution >= 0.6 is 11.3 Å². The van der Waals surface area contributed by atoms with Crippen molar-refractivity contribution in [3.05, 3.63) is 21.9 Å². The van der Waals surface area contributed by atoms with E-state index in [1.807, 2.05) is 11.4 Å². The molecule has 6 nitrogen and oxygen atoms in total. The van der Waals surface area contributed by atoms with E-state index in [1.165, 1.54) is 10.4 Å². The van der Waals surface area contributed by atoms with E-state index in [9.17, 15) is 14.4 Å². The molecule has 2 aliphatic rings. The lowest BCUT2D eigenvalue weighted by atomic mass is 10.1. The SMILES string of the molecule is O=C1CC[C@H](C(=O)N2CCc3sccc3C2)NC(=O)N1. The van der Waals surface area contributed by atoms with Crippen LogP contribution in [0.25, 0.3) is 0 Å². The molecule has 0 aliphatic carbocycles. The van der Waals surface area contributed by atoms with Gasteiger partial charge in [0, 0.05) is 24.4 Å². The third-order valence-corrected chi connectivity index (χ3v) is 4.66. The Balaban J connectivity index is 1.70. The maximum absolute atomic E-state index is 12.5. The molecular formula is C13H15N3O3S. The summed E-state index contributed by atoms with van der Waals surface area (Å²) in [6.07, 6.45) is 1.40. The number of hydrogen-bond donors (Lipinski definition) is 2. The zero-order valence-electron chi connectivity index (χ0n) is 10.8. The first-order chi connectivity index (χ1) is 9.63. The molecule has 4 amide bonds. The van der Waals surface area contributed by atoms with Gasteiger partial charge in [0.2, 0.25) is 11.8 Å². The minimum Gasteiger partial charge on any atom is -0.336 e. The number of rotatable bonds is 1. The van der Waals surface area contributed by atoms with Gasteiger partial charge in [0.1, 0.15) is 6.04 Å². The summed E-state index contributed by atoms with van der Waals surface area (Å²) in [6, 6.07) is 0.844. The Kier molecular flexibility index (Phi) is 3.43. The van der Waals surface area contributed by atoms with Gasteiger partial charge < -0.3 is 10.2 Å². The molecule has 1 fully saturated rings. The molecule has 0 bridgehead atoms. The van der Waals surface area contributed by atoms with Gasteiger partial charge in [-0.2, -0.15) is 0 Å². The molecule has 3 heterocycles. The maximum atomic E-state index is 12.5. The summed E-state index contributed by atoms with van der Waals surface area (Å²) in [5.41, 5.74) is 1.18. The quantitative estimate of drug-likeness (QED) is 0.797. The van der Waals surface area contributed by atoms with Gasteiger partial charge >= 0.3 is 6.03 Å². The van der Waals surface area contributed by atoms with E-state index in [2.05, 4.69) is 10.6 Å². The summed E-state index contributed by atoms with van der Waals surface area (Å²) in [5, 5.41) is 6.78. The molecule has 106 valence electrons. The molecule has 0 saturated carbocycles. The number of hydrogen-bond acceptors (Lipinski definition) is 4. The number of urea groups is 1. The standard InChI is InChI=1S/C13H15N3O3S/c17-11-2-1-9(14-13(19)15-11)12(18)16-5-3-10-8(7-16)4-6-20-10/h4,6,9H,1-3,5,7H2,(H2,14,15,17,19)/t9-/m1/s1. The van der Waals surface area contributed by atoms with Gasteiger partial charge in [-0.15, -0.1) is 11.3 Å². The van der Waals surface area contributed by atoms with Gasteiger partial charge in [0.15, 0.2) is 0 Å². The zero-order valence-corrected chi connectivity index (χ0v) is 11.7. The smallest absolute Gasteiger partial charge is 0.322 e. The van der Waals surface area contributed by atoms with Gasteiger partial charge in [-0.3, -0.25) is 14.9 Å². The lowest BCUT2D eigenvalue weighted by Gasteiger charge is -2.30. The normalized spacial score (nSPS) is 22.6. The van der Waals surface area contributed by atoms with Crippen molar-refractivity contribution in [2.45, 2.75) is 31.8 Å². The molecule has 7 heteroatoms. The van der Waals surface area contributed by atoms with Crippen LogP contribution in [0.2, 0.25) is 0 Å². The summed E-state index contributed by atoms with van der Waals surface area (Å²) in [4.78, 5) is 38.3. The first kappa shape index (κ1) is 13.1. The lowest BCUT2D eigenvalue weighted by Crippen LogP contribution is -2.50. The molecule has 0 aromatic carbocycles. The molecule has 2 aliphatic heterocycles. The van der Waals surface area contributed by atoms with Crippen molar-refractivity contribution in [2.24, 2.45) is 0 Å². The van der Waals surface area contributed by atoms with Crippen molar-refractivity contribution < 1.29 is 14.4 Å².